The number of aliphatic carboxylic acids is 1. The first-order chi connectivity index (χ1) is 8.15. The highest BCUT2D eigenvalue weighted by Gasteiger charge is 2.17. The fourth-order valence-corrected chi connectivity index (χ4v) is 1.68. The molecule has 0 bridgehead atoms. The topological polar surface area (TPSA) is 78.4 Å². The van der Waals surface area contributed by atoms with Crippen molar-refractivity contribution in [1.29, 1.82) is 0 Å². The van der Waals surface area contributed by atoms with Gasteiger partial charge in [0.25, 0.3) is 0 Å². The molecule has 0 spiro atoms. The zero-order valence-electron chi connectivity index (χ0n) is 9.76. The predicted octanol–water partition coefficient (Wildman–Crippen LogP) is 0.962. The molecule has 0 amide bonds. The number of aromatic nitrogens is 2. The van der Waals surface area contributed by atoms with E-state index < -0.39 is 5.97 Å². The number of hydrogen-bond acceptors (Lipinski definition) is 5. The molecule has 1 saturated carbocycles. The number of rotatable bonds is 5. The van der Waals surface area contributed by atoms with Crippen molar-refractivity contribution in [2.24, 2.45) is 0 Å². The number of carbonyl (C=O) groups is 1. The van der Waals surface area contributed by atoms with E-state index in [-0.39, 0.29) is 6.54 Å². The molecule has 0 saturated heterocycles. The van der Waals surface area contributed by atoms with Gasteiger partial charge in [0.2, 0.25) is 0 Å². The molecule has 0 aromatic carbocycles. The summed E-state index contributed by atoms with van der Waals surface area (Å²) in [6.45, 7) is -0.0696. The lowest BCUT2D eigenvalue weighted by molar-refractivity contribution is -0.135. The van der Waals surface area contributed by atoms with Crippen molar-refractivity contribution in [3.05, 3.63) is 12.4 Å². The third-order valence-corrected chi connectivity index (χ3v) is 2.87. The van der Waals surface area contributed by atoms with Crippen LogP contribution in [-0.2, 0) is 4.79 Å². The second-order valence-corrected chi connectivity index (χ2v) is 4.28. The Bertz CT molecular complexity index is 406. The van der Waals surface area contributed by atoms with Crippen LogP contribution >= 0.6 is 0 Å². The smallest absolute Gasteiger partial charge is 0.323 e. The molecule has 1 aromatic heterocycles. The summed E-state index contributed by atoms with van der Waals surface area (Å²) >= 11 is 0. The van der Waals surface area contributed by atoms with Gasteiger partial charge in [-0.05, 0) is 19.3 Å². The molecular formula is C11H16N4O2. The highest BCUT2D eigenvalue weighted by molar-refractivity contribution is 5.73. The molecule has 1 aliphatic rings. The minimum Gasteiger partial charge on any atom is -0.480 e. The Hall–Kier alpha value is -1.85. The highest BCUT2D eigenvalue weighted by Crippen LogP contribution is 2.23. The van der Waals surface area contributed by atoms with Crippen LogP contribution in [0.2, 0.25) is 0 Å². The van der Waals surface area contributed by atoms with Crippen LogP contribution in [0.25, 0.3) is 0 Å². The first-order valence-corrected chi connectivity index (χ1v) is 5.66. The van der Waals surface area contributed by atoms with Crippen LogP contribution in [0.15, 0.2) is 12.4 Å². The number of nitrogens with one attached hydrogen (secondary N) is 1. The van der Waals surface area contributed by atoms with Gasteiger partial charge in [0, 0.05) is 19.2 Å². The molecule has 2 N–H and O–H groups in total. The Morgan fingerprint density at radius 2 is 2.35 bits per heavy atom. The van der Waals surface area contributed by atoms with E-state index in [0.29, 0.717) is 11.9 Å². The maximum Gasteiger partial charge on any atom is 0.323 e. The summed E-state index contributed by atoms with van der Waals surface area (Å²) in [5.41, 5.74) is 0. The predicted molar refractivity (Wildman–Crippen MR) is 64.2 cm³/mol. The Morgan fingerprint density at radius 3 is 2.94 bits per heavy atom. The minimum atomic E-state index is -0.875. The molecule has 17 heavy (non-hydrogen) atoms. The highest BCUT2D eigenvalue weighted by atomic mass is 16.4. The summed E-state index contributed by atoms with van der Waals surface area (Å²) in [6, 6.07) is 2.28. The van der Waals surface area contributed by atoms with Crippen molar-refractivity contribution >= 4 is 17.6 Å². The summed E-state index contributed by atoms with van der Waals surface area (Å²) in [5, 5.41) is 12.0. The van der Waals surface area contributed by atoms with Crippen LogP contribution in [0, 0.1) is 0 Å². The van der Waals surface area contributed by atoms with E-state index in [2.05, 4.69) is 15.3 Å². The SMILES string of the molecule is CN(CC(=O)O)c1cc(NC2CCC2)ncn1. The Balaban J connectivity index is 2.01. The molecule has 0 radical (unpaired) electrons. The normalized spacial score (nSPS) is 15.1. The van der Waals surface area contributed by atoms with Crippen LogP contribution in [-0.4, -0.2) is 40.7 Å². The van der Waals surface area contributed by atoms with Gasteiger partial charge in [-0.1, -0.05) is 0 Å². The van der Waals surface area contributed by atoms with E-state index in [0.717, 1.165) is 5.82 Å². The summed E-state index contributed by atoms with van der Waals surface area (Å²) < 4.78 is 0. The number of carboxylic acid groups (broad SMARTS) is 1. The van der Waals surface area contributed by atoms with Gasteiger partial charge in [0.15, 0.2) is 0 Å². The van der Waals surface area contributed by atoms with Gasteiger partial charge >= 0.3 is 5.97 Å². The lowest BCUT2D eigenvalue weighted by Gasteiger charge is -2.27. The molecule has 0 unspecified atom stereocenters. The Kier molecular flexibility index (Phi) is 3.41. The van der Waals surface area contributed by atoms with Gasteiger partial charge in [0.1, 0.15) is 24.5 Å². The van der Waals surface area contributed by atoms with Crippen molar-refractivity contribution < 1.29 is 9.90 Å². The van der Waals surface area contributed by atoms with Crippen LogP contribution in [0.4, 0.5) is 11.6 Å². The maximum atomic E-state index is 10.6. The molecule has 0 atom stereocenters. The molecule has 0 aliphatic heterocycles. The van der Waals surface area contributed by atoms with Crippen molar-refractivity contribution in [1.82, 2.24) is 9.97 Å². The number of nitrogens with zero attached hydrogens (tertiary/aromatic N) is 3. The van der Waals surface area contributed by atoms with Gasteiger partial charge in [-0.15, -0.1) is 0 Å². The summed E-state index contributed by atoms with van der Waals surface area (Å²) in [6.07, 6.45) is 5.05. The third-order valence-electron chi connectivity index (χ3n) is 2.87. The van der Waals surface area contributed by atoms with Gasteiger partial charge in [0.05, 0.1) is 0 Å². The van der Waals surface area contributed by atoms with Crippen molar-refractivity contribution in [2.45, 2.75) is 25.3 Å². The molecule has 6 heteroatoms. The third kappa shape index (κ3) is 3.05. The minimum absolute atomic E-state index is 0.0696. The fourth-order valence-electron chi connectivity index (χ4n) is 1.68. The largest absolute Gasteiger partial charge is 0.480 e. The molecule has 6 nitrogen and oxygen atoms in total. The number of hydrogen-bond donors (Lipinski definition) is 2. The van der Waals surface area contributed by atoms with Gasteiger partial charge in [-0.3, -0.25) is 4.79 Å². The first-order valence-electron chi connectivity index (χ1n) is 5.66. The number of likely N-dealkylation sites (N-methyl/N-ethyl adjacent to an activating group) is 1. The van der Waals surface area contributed by atoms with Crippen LogP contribution in [0.1, 0.15) is 19.3 Å². The Labute approximate surface area is 99.7 Å². The average molecular weight is 236 g/mol. The second-order valence-electron chi connectivity index (χ2n) is 4.28. The maximum absolute atomic E-state index is 10.6. The van der Waals surface area contributed by atoms with Gasteiger partial charge in [-0.2, -0.15) is 0 Å². The van der Waals surface area contributed by atoms with Crippen molar-refractivity contribution in [2.75, 3.05) is 23.8 Å². The summed E-state index contributed by atoms with van der Waals surface area (Å²) in [7, 11) is 1.70. The van der Waals surface area contributed by atoms with Crippen molar-refractivity contribution in [3.63, 3.8) is 0 Å². The van der Waals surface area contributed by atoms with E-state index in [1.165, 1.54) is 25.6 Å². The number of carboxylic acids is 1. The van der Waals surface area contributed by atoms with Crippen LogP contribution in [0.3, 0.4) is 0 Å². The first kappa shape index (κ1) is 11.6. The quantitative estimate of drug-likeness (QED) is 0.793. The lowest BCUT2D eigenvalue weighted by atomic mass is 9.93. The summed E-state index contributed by atoms with van der Waals surface area (Å²) in [4.78, 5) is 20.4. The summed E-state index contributed by atoms with van der Waals surface area (Å²) in [5.74, 6) is 0.501. The standard InChI is InChI=1S/C11H16N4O2/c1-15(6-11(16)17)10-5-9(12-7-13-10)14-8-3-2-4-8/h5,7-8H,2-4,6H2,1H3,(H,16,17)(H,12,13,14). The Morgan fingerprint density at radius 1 is 1.59 bits per heavy atom. The van der Waals surface area contributed by atoms with E-state index in [4.69, 9.17) is 5.11 Å². The lowest BCUT2D eigenvalue weighted by Crippen LogP contribution is -2.28. The average Bonchev–Trinajstić information content (AvgIpc) is 2.23. The fraction of sp³-hybridized carbons (Fsp3) is 0.545. The monoisotopic (exact) mass is 236 g/mol. The van der Waals surface area contributed by atoms with E-state index in [1.54, 1.807) is 18.0 Å². The van der Waals surface area contributed by atoms with Crippen LogP contribution in [0.5, 0.6) is 0 Å². The van der Waals surface area contributed by atoms with E-state index in [9.17, 15) is 4.79 Å². The van der Waals surface area contributed by atoms with Crippen molar-refractivity contribution in [3.8, 4) is 0 Å². The zero-order chi connectivity index (χ0) is 12.3. The van der Waals surface area contributed by atoms with Gasteiger partial charge in [-0.25, -0.2) is 9.97 Å². The zero-order valence-corrected chi connectivity index (χ0v) is 9.76. The number of anilines is 2. The molecule has 1 aromatic rings. The van der Waals surface area contributed by atoms with Crippen LogP contribution < -0.4 is 10.2 Å². The molecule has 1 aliphatic carbocycles. The van der Waals surface area contributed by atoms with Gasteiger partial charge < -0.3 is 15.3 Å². The van der Waals surface area contributed by atoms with E-state index >= 15 is 0 Å². The second kappa shape index (κ2) is 4.99. The molecule has 1 heterocycles. The molecule has 2 rings (SSSR count). The van der Waals surface area contributed by atoms with E-state index in [1.807, 2.05) is 0 Å². The molecule has 92 valence electrons. The molecular weight excluding hydrogens is 220 g/mol. The molecule has 1 fully saturated rings.